The number of rotatable bonds is 9. The first-order chi connectivity index (χ1) is 21.7. The standard InChI is InChI=1S/C37H53NO9/c1-20(18-45-28(41)17-38-32(44)47-33(5,6)7)21(2)30(42)31(43)29-26(46-23(4)39)16-35(9)27-11-10-24-22(3)25(40)12-13-36(24)19-37(27,36)15-14-34(29,35)8/h12-13,20,22,24,26-27,29,31,43H,2,10-11,14-19H2,1,3-9H3,(H,38,44)/t20-,22-,24-,26-,27-,29?,31+,34+,35-,36+,37-/m0/s1. The Bertz CT molecular complexity index is 1400. The van der Waals surface area contributed by atoms with Crippen molar-refractivity contribution in [2.45, 2.75) is 112 Å². The van der Waals surface area contributed by atoms with Gasteiger partial charge in [0.15, 0.2) is 11.6 Å². The minimum absolute atomic E-state index is 0.0134. The maximum absolute atomic E-state index is 13.9. The summed E-state index contributed by atoms with van der Waals surface area (Å²) < 4.78 is 16.3. The van der Waals surface area contributed by atoms with Crippen LogP contribution in [0.1, 0.15) is 93.9 Å². The predicted molar refractivity (Wildman–Crippen MR) is 173 cm³/mol. The highest BCUT2D eigenvalue weighted by molar-refractivity contribution is 5.99. The van der Waals surface area contributed by atoms with Gasteiger partial charge >= 0.3 is 18.0 Å². The molecule has 4 saturated carbocycles. The molecule has 260 valence electrons. The number of ketones is 2. The largest absolute Gasteiger partial charge is 0.464 e. The average molecular weight is 656 g/mol. The highest BCUT2D eigenvalue weighted by Crippen LogP contribution is 2.87. The number of Topliss-reactive ketones (excluding diaryl/α,β-unsaturated/α-hetero) is 1. The smallest absolute Gasteiger partial charge is 0.408 e. The van der Waals surface area contributed by atoms with Crippen LogP contribution in [0.2, 0.25) is 0 Å². The molecule has 1 amide bonds. The number of hydrogen-bond donors (Lipinski definition) is 2. The number of carbonyl (C=O) groups is 5. The van der Waals surface area contributed by atoms with Crippen molar-refractivity contribution < 1.29 is 43.3 Å². The van der Waals surface area contributed by atoms with E-state index in [1.165, 1.54) is 6.92 Å². The zero-order chi connectivity index (χ0) is 34.9. The maximum Gasteiger partial charge on any atom is 0.408 e. The molecule has 0 heterocycles. The summed E-state index contributed by atoms with van der Waals surface area (Å²) in [6.45, 7) is 18.1. The molecule has 0 aliphatic heterocycles. The fourth-order valence-corrected chi connectivity index (χ4v) is 10.7. The van der Waals surface area contributed by atoms with Gasteiger partial charge in [-0.25, -0.2) is 4.79 Å². The van der Waals surface area contributed by atoms with Gasteiger partial charge < -0.3 is 24.6 Å². The second-order valence-corrected chi connectivity index (χ2v) is 16.6. The monoisotopic (exact) mass is 655 g/mol. The van der Waals surface area contributed by atoms with Crippen LogP contribution >= 0.6 is 0 Å². The van der Waals surface area contributed by atoms with Gasteiger partial charge in [0.25, 0.3) is 0 Å². The number of allylic oxidation sites excluding steroid dienone is 2. The molecule has 47 heavy (non-hydrogen) atoms. The minimum Gasteiger partial charge on any atom is -0.464 e. The number of amides is 1. The molecule has 4 fully saturated rings. The van der Waals surface area contributed by atoms with Crippen molar-refractivity contribution in [1.82, 2.24) is 5.32 Å². The van der Waals surface area contributed by atoms with Crippen molar-refractivity contribution in [3.8, 4) is 0 Å². The topological polar surface area (TPSA) is 145 Å². The van der Waals surface area contributed by atoms with E-state index in [4.69, 9.17) is 14.2 Å². The highest BCUT2D eigenvalue weighted by atomic mass is 16.6. The van der Waals surface area contributed by atoms with Crippen molar-refractivity contribution in [3.63, 3.8) is 0 Å². The van der Waals surface area contributed by atoms with E-state index in [1.807, 2.05) is 0 Å². The lowest BCUT2D eigenvalue weighted by Crippen LogP contribution is -2.56. The molecular weight excluding hydrogens is 602 g/mol. The van der Waals surface area contributed by atoms with Gasteiger partial charge in [-0.2, -0.15) is 0 Å². The van der Waals surface area contributed by atoms with Crippen molar-refractivity contribution in [2.75, 3.05) is 13.2 Å². The minimum atomic E-state index is -1.46. The molecule has 10 heteroatoms. The molecular formula is C37H53NO9. The lowest BCUT2D eigenvalue weighted by atomic mass is 9.43. The van der Waals surface area contributed by atoms with Gasteiger partial charge in [-0.05, 0) is 104 Å². The van der Waals surface area contributed by atoms with Crippen LogP contribution in [0.15, 0.2) is 24.3 Å². The summed E-state index contributed by atoms with van der Waals surface area (Å²) in [5.74, 6) is -2.08. The van der Waals surface area contributed by atoms with Gasteiger partial charge in [0.2, 0.25) is 0 Å². The first-order valence-corrected chi connectivity index (χ1v) is 17.2. The van der Waals surface area contributed by atoms with Crippen molar-refractivity contribution >= 4 is 29.6 Å². The Labute approximate surface area is 278 Å². The summed E-state index contributed by atoms with van der Waals surface area (Å²) in [7, 11) is 0. The number of nitrogens with one attached hydrogen (secondary N) is 1. The number of alkyl carbamates (subject to hydrolysis) is 1. The Balaban J connectivity index is 1.30. The molecule has 0 aromatic heterocycles. The average Bonchev–Trinajstić information content (AvgIpc) is 3.58. The molecule has 2 N–H and O–H groups in total. The number of hydrogen-bond acceptors (Lipinski definition) is 9. The summed E-state index contributed by atoms with van der Waals surface area (Å²) in [5, 5.41) is 14.2. The van der Waals surface area contributed by atoms with E-state index in [-0.39, 0.29) is 40.1 Å². The molecule has 0 radical (unpaired) electrons. The van der Waals surface area contributed by atoms with E-state index in [2.05, 4.69) is 38.7 Å². The van der Waals surface area contributed by atoms with E-state index in [0.29, 0.717) is 18.3 Å². The van der Waals surface area contributed by atoms with Crippen LogP contribution in [0.4, 0.5) is 4.79 Å². The molecule has 5 aliphatic rings. The van der Waals surface area contributed by atoms with Gasteiger partial charge in [-0.15, -0.1) is 0 Å². The van der Waals surface area contributed by atoms with Gasteiger partial charge in [0.1, 0.15) is 24.4 Å². The third-order valence-corrected chi connectivity index (χ3v) is 13.1. The van der Waals surface area contributed by atoms with E-state index in [1.54, 1.807) is 33.8 Å². The van der Waals surface area contributed by atoms with E-state index < -0.39 is 65.4 Å². The number of fused-ring (bicyclic) bond motifs is 2. The van der Waals surface area contributed by atoms with Crippen molar-refractivity contribution in [1.29, 1.82) is 0 Å². The lowest BCUT2D eigenvalue weighted by molar-refractivity contribution is -0.159. The SMILES string of the molecule is C=C(C(=O)[C@H](O)C1[C@@H](OC(C)=O)C[C@@]2(C)[C@@H]3CC[C@H]4[C@H](C)C(=O)C=C[C@@]45C[C@@]35CC[C@]12C)[C@@H](C)COC(=O)CNC(=O)OC(C)(C)C. The number of aliphatic hydroxyl groups excluding tert-OH is 1. The first kappa shape index (κ1) is 35.3. The second-order valence-electron chi connectivity index (χ2n) is 16.6. The Morgan fingerprint density at radius 1 is 1.13 bits per heavy atom. The number of carbonyl (C=O) groups excluding carboxylic acids is 5. The zero-order valence-electron chi connectivity index (χ0n) is 29.3. The third kappa shape index (κ3) is 5.66. The molecule has 2 spiro atoms. The molecule has 0 bridgehead atoms. The van der Waals surface area contributed by atoms with E-state index >= 15 is 0 Å². The van der Waals surface area contributed by atoms with Gasteiger partial charge in [0, 0.05) is 24.7 Å². The Morgan fingerprint density at radius 3 is 2.45 bits per heavy atom. The lowest BCUT2D eigenvalue weighted by Gasteiger charge is -2.60. The fraction of sp³-hybridized carbons (Fsp3) is 0.757. The summed E-state index contributed by atoms with van der Waals surface area (Å²) in [5.41, 5.74) is -1.33. The number of aliphatic hydroxyl groups is 1. The summed E-state index contributed by atoms with van der Waals surface area (Å²) in [4.78, 5) is 63.0. The van der Waals surface area contributed by atoms with Crippen LogP contribution in [-0.2, 0) is 33.4 Å². The maximum atomic E-state index is 13.9. The van der Waals surface area contributed by atoms with Crippen LogP contribution in [-0.4, -0.2) is 65.7 Å². The molecule has 10 nitrogen and oxygen atoms in total. The molecule has 0 aromatic carbocycles. The normalized spacial score (nSPS) is 39.6. The number of ether oxygens (including phenoxy) is 3. The fourth-order valence-electron chi connectivity index (χ4n) is 10.7. The van der Waals surface area contributed by atoms with Gasteiger partial charge in [-0.1, -0.05) is 40.3 Å². The van der Waals surface area contributed by atoms with Crippen molar-refractivity contribution in [3.05, 3.63) is 24.3 Å². The van der Waals surface area contributed by atoms with E-state index in [0.717, 1.165) is 32.1 Å². The van der Waals surface area contributed by atoms with Crippen LogP contribution in [0.3, 0.4) is 0 Å². The van der Waals surface area contributed by atoms with E-state index in [9.17, 15) is 29.1 Å². The van der Waals surface area contributed by atoms with Gasteiger partial charge in [0.05, 0.1) is 6.61 Å². The Hall–Kier alpha value is -3.01. The molecule has 11 atom stereocenters. The Kier molecular flexibility index (Phi) is 8.90. The van der Waals surface area contributed by atoms with Gasteiger partial charge in [-0.3, -0.25) is 19.2 Å². The molecule has 0 aromatic rings. The van der Waals surface area contributed by atoms with Crippen molar-refractivity contribution in [2.24, 2.45) is 51.2 Å². The third-order valence-electron chi connectivity index (χ3n) is 13.1. The van der Waals surface area contributed by atoms with Crippen LogP contribution in [0.25, 0.3) is 0 Å². The summed E-state index contributed by atoms with van der Waals surface area (Å²) in [6.07, 6.45) is 6.38. The quantitative estimate of drug-likeness (QED) is 0.197. The summed E-state index contributed by atoms with van der Waals surface area (Å²) >= 11 is 0. The molecule has 5 aliphatic carbocycles. The van der Waals surface area contributed by atoms with Crippen LogP contribution in [0.5, 0.6) is 0 Å². The predicted octanol–water partition coefficient (Wildman–Crippen LogP) is 5.11. The molecule has 0 saturated heterocycles. The zero-order valence-corrected chi connectivity index (χ0v) is 29.3. The first-order valence-electron chi connectivity index (χ1n) is 17.2. The number of esters is 2. The molecule has 1 unspecified atom stereocenters. The molecule has 5 rings (SSSR count). The van der Waals surface area contributed by atoms with Crippen LogP contribution in [0, 0.1) is 51.2 Å². The second kappa shape index (κ2) is 11.8. The van der Waals surface area contributed by atoms with Crippen LogP contribution < -0.4 is 5.32 Å². The highest BCUT2D eigenvalue weighted by Gasteiger charge is 2.82. The summed E-state index contributed by atoms with van der Waals surface area (Å²) in [6, 6.07) is 0. The Morgan fingerprint density at radius 2 is 1.81 bits per heavy atom.